The van der Waals surface area contributed by atoms with E-state index in [1.54, 1.807) is 48.5 Å². The van der Waals surface area contributed by atoms with Crippen molar-refractivity contribution in [1.82, 2.24) is 0 Å². The molecule has 0 atom stereocenters. The van der Waals surface area contributed by atoms with Crippen LogP contribution in [0.3, 0.4) is 0 Å². The zero-order valence-corrected chi connectivity index (χ0v) is 11.5. The first kappa shape index (κ1) is 14.5. The zero-order chi connectivity index (χ0) is 14.2. The monoisotopic (exact) mass is 296 g/mol. The Morgan fingerprint density at radius 1 is 0.750 bits per heavy atom. The van der Waals surface area contributed by atoms with Gasteiger partial charge in [-0.05, 0) is 48.5 Å². The van der Waals surface area contributed by atoms with E-state index in [-0.39, 0.29) is 13.4 Å². The summed E-state index contributed by atoms with van der Waals surface area (Å²) >= 11 is 5.77. The molecule has 5 heteroatoms. The molecule has 0 aromatic heterocycles. The first-order valence-electron chi connectivity index (χ1n) is 6.08. The molecule has 0 saturated heterocycles. The Morgan fingerprint density at radius 3 is 1.70 bits per heavy atom. The molecule has 0 aliphatic rings. The van der Waals surface area contributed by atoms with Crippen LogP contribution in [-0.2, 0) is 0 Å². The topological polar surface area (TPSA) is 27.7 Å². The van der Waals surface area contributed by atoms with Gasteiger partial charge in [-0.15, -0.1) is 0 Å². The molecule has 0 aliphatic heterocycles. The van der Waals surface area contributed by atoms with Crippen LogP contribution in [0.4, 0.5) is 4.39 Å². The lowest BCUT2D eigenvalue weighted by Crippen LogP contribution is -2.05. The van der Waals surface area contributed by atoms with Crippen molar-refractivity contribution < 1.29 is 18.6 Å². The maximum atomic E-state index is 11.9. The van der Waals surface area contributed by atoms with E-state index in [0.29, 0.717) is 22.3 Å². The smallest absolute Gasteiger partial charge is 0.230 e. The van der Waals surface area contributed by atoms with Gasteiger partial charge in [0.25, 0.3) is 0 Å². The highest BCUT2D eigenvalue weighted by atomic mass is 35.5. The lowest BCUT2D eigenvalue weighted by Gasteiger charge is -2.09. The highest BCUT2D eigenvalue weighted by molar-refractivity contribution is 6.30. The van der Waals surface area contributed by atoms with E-state index in [9.17, 15) is 4.39 Å². The number of hydrogen-bond donors (Lipinski definition) is 0. The van der Waals surface area contributed by atoms with Crippen molar-refractivity contribution in [2.24, 2.45) is 0 Å². The quantitative estimate of drug-likeness (QED) is 0.720. The molecule has 2 rings (SSSR count). The van der Waals surface area contributed by atoms with E-state index in [0.717, 1.165) is 0 Å². The summed E-state index contributed by atoms with van der Waals surface area (Å²) < 4.78 is 27.9. The molecular weight excluding hydrogens is 283 g/mol. The fraction of sp³-hybridized carbons (Fsp3) is 0.200. The van der Waals surface area contributed by atoms with Crippen molar-refractivity contribution >= 4 is 11.6 Å². The predicted octanol–water partition coefficient (Wildman–Crippen LogP) is 4.10. The number of hydrogen-bond acceptors (Lipinski definition) is 3. The first-order chi connectivity index (χ1) is 9.78. The zero-order valence-electron chi connectivity index (χ0n) is 10.7. The second-order valence-corrected chi connectivity index (χ2v) is 4.31. The minimum Gasteiger partial charge on any atom is -0.491 e. The number of ether oxygens (including phenoxy) is 3. The van der Waals surface area contributed by atoms with Crippen LogP contribution in [0.25, 0.3) is 0 Å². The molecule has 106 valence electrons. The first-order valence-corrected chi connectivity index (χ1v) is 6.46. The summed E-state index contributed by atoms with van der Waals surface area (Å²) in [6, 6.07) is 13.9. The summed E-state index contributed by atoms with van der Waals surface area (Å²) in [6.07, 6.45) is 0. The van der Waals surface area contributed by atoms with Gasteiger partial charge in [-0.2, -0.15) is 0 Å². The van der Waals surface area contributed by atoms with Crippen LogP contribution in [0.15, 0.2) is 48.5 Å². The van der Waals surface area contributed by atoms with Gasteiger partial charge in [-0.25, -0.2) is 4.39 Å². The summed E-state index contributed by atoms with van der Waals surface area (Å²) in [5.74, 6) is 1.93. The molecule has 3 nitrogen and oxygen atoms in total. The van der Waals surface area contributed by atoms with Crippen molar-refractivity contribution in [3.63, 3.8) is 0 Å². The Morgan fingerprint density at radius 2 is 1.20 bits per heavy atom. The molecule has 0 radical (unpaired) electrons. The third kappa shape index (κ3) is 4.63. The predicted molar refractivity (Wildman–Crippen MR) is 75.5 cm³/mol. The third-order valence-electron chi connectivity index (χ3n) is 2.43. The van der Waals surface area contributed by atoms with E-state index < -0.39 is 6.67 Å². The molecule has 0 saturated carbocycles. The second kappa shape index (κ2) is 7.60. The molecule has 0 unspecified atom stereocenters. The van der Waals surface area contributed by atoms with Crippen molar-refractivity contribution in [2.45, 2.75) is 0 Å². The molecule has 0 N–H and O–H groups in total. The lowest BCUT2D eigenvalue weighted by atomic mass is 10.3. The molecule has 0 heterocycles. The van der Waals surface area contributed by atoms with E-state index >= 15 is 0 Å². The summed E-state index contributed by atoms with van der Waals surface area (Å²) in [7, 11) is 0. The summed E-state index contributed by atoms with van der Waals surface area (Å²) in [4.78, 5) is 0. The minimum absolute atomic E-state index is 0.0554. The van der Waals surface area contributed by atoms with Crippen molar-refractivity contribution in [3.05, 3.63) is 53.6 Å². The molecular formula is C15H14ClFO3. The number of rotatable bonds is 7. The van der Waals surface area contributed by atoms with Crippen LogP contribution in [-0.4, -0.2) is 20.1 Å². The average Bonchev–Trinajstić information content (AvgIpc) is 2.48. The van der Waals surface area contributed by atoms with Crippen LogP contribution < -0.4 is 14.2 Å². The standard InChI is InChI=1S/C15H14ClFO3/c16-12-1-3-14(4-2-12)19-11-20-15-7-5-13(6-8-15)18-10-9-17/h1-8H,9-11H2. The van der Waals surface area contributed by atoms with Gasteiger partial charge >= 0.3 is 0 Å². The molecule has 2 aromatic rings. The maximum absolute atomic E-state index is 11.9. The van der Waals surface area contributed by atoms with Gasteiger partial charge in [0.1, 0.15) is 30.5 Å². The molecule has 0 fully saturated rings. The Bertz CT molecular complexity index is 514. The molecule has 0 amide bonds. The van der Waals surface area contributed by atoms with Gasteiger partial charge in [-0.1, -0.05) is 11.6 Å². The Hall–Kier alpha value is -1.94. The van der Waals surface area contributed by atoms with Crippen LogP contribution in [0.2, 0.25) is 5.02 Å². The maximum Gasteiger partial charge on any atom is 0.230 e. The highest BCUT2D eigenvalue weighted by Crippen LogP contribution is 2.19. The lowest BCUT2D eigenvalue weighted by molar-refractivity contribution is 0.119. The normalized spacial score (nSPS) is 10.1. The Labute approximate surface area is 121 Å². The van der Waals surface area contributed by atoms with Gasteiger partial charge < -0.3 is 14.2 Å². The molecule has 0 spiro atoms. The molecule has 20 heavy (non-hydrogen) atoms. The van der Waals surface area contributed by atoms with Gasteiger partial charge in [0.2, 0.25) is 6.79 Å². The van der Waals surface area contributed by atoms with Crippen molar-refractivity contribution in [2.75, 3.05) is 20.1 Å². The highest BCUT2D eigenvalue weighted by Gasteiger charge is 1.98. The van der Waals surface area contributed by atoms with E-state index in [1.807, 2.05) is 0 Å². The Kier molecular flexibility index (Phi) is 5.50. The summed E-state index contributed by atoms with van der Waals surface area (Å²) in [6.45, 7) is -0.362. The minimum atomic E-state index is -0.507. The van der Waals surface area contributed by atoms with Gasteiger partial charge in [0.15, 0.2) is 0 Å². The van der Waals surface area contributed by atoms with Crippen LogP contribution in [0.5, 0.6) is 17.2 Å². The summed E-state index contributed by atoms with van der Waals surface area (Å²) in [5.41, 5.74) is 0. The molecule has 0 bridgehead atoms. The number of benzene rings is 2. The van der Waals surface area contributed by atoms with Crippen molar-refractivity contribution in [1.29, 1.82) is 0 Å². The number of halogens is 2. The largest absolute Gasteiger partial charge is 0.491 e. The van der Waals surface area contributed by atoms with E-state index in [4.69, 9.17) is 25.8 Å². The van der Waals surface area contributed by atoms with Gasteiger partial charge in [0, 0.05) is 5.02 Å². The summed E-state index contributed by atoms with van der Waals surface area (Å²) in [5, 5.41) is 0.655. The molecule has 2 aromatic carbocycles. The molecule has 0 aliphatic carbocycles. The van der Waals surface area contributed by atoms with E-state index in [2.05, 4.69) is 0 Å². The van der Waals surface area contributed by atoms with Crippen LogP contribution in [0.1, 0.15) is 0 Å². The fourth-order valence-electron chi connectivity index (χ4n) is 1.48. The average molecular weight is 297 g/mol. The Balaban J connectivity index is 1.77. The van der Waals surface area contributed by atoms with Crippen LogP contribution in [0, 0.1) is 0 Å². The van der Waals surface area contributed by atoms with Crippen LogP contribution >= 0.6 is 11.6 Å². The fourth-order valence-corrected chi connectivity index (χ4v) is 1.61. The van der Waals surface area contributed by atoms with Gasteiger partial charge in [0.05, 0.1) is 0 Å². The van der Waals surface area contributed by atoms with Crippen molar-refractivity contribution in [3.8, 4) is 17.2 Å². The number of alkyl halides is 1. The second-order valence-electron chi connectivity index (χ2n) is 3.87. The third-order valence-corrected chi connectivity index (χ3v) is 2.69. The van der Waals surface area contributed by atoms with E-state index in [1.165, 1.54) is 0 Å². The SMILES string of the molecule is FCCOc1ccc(OCOc2ccc(Cl)cc2)cc1. The van der Waals surface area contributed by atoms with Gasteiger partial charge in [-0.3, -0.25) is 0 Å².